The molecule has 0 aromatic carbocycles. The van der Waals surface area contributed by atoms with Gasteiger partial charge in [0.15, 0.2) is 0 Å². The number of aliphatic hydroxyl groups excluding tert-OH is 3. The predicted octanol–water partition coefficient (Wildman–Crippen LogP) is 5.02. The number of hydrogen-bond acceptors (Lipinski definition) is 4. The zero-order valence-corrected chi connectivity index (χ0v) is 22.8. The van der Waals surface area contributed by atoms with Crippen LogP contribution >= 0.6 is 0 Å². The first-order chi connectivity index (χ1) is 15.7. The van der Waals surface area contributed by atoms with Crippen molar-refractivity contribution in [1.82, 2.24) is 0 Å². The van der Waals surface area contributed by atoms with E-state index in [-0.39, 0.29) is 23.9 Å². The first kappa shape index (κ1) is 25.5. The third-order valence-corrected chi connectivity index (χ3v) is 13.7. The Labute approximate surface area is 207 Å². The van der Waals surface area contributed by atoms with Crippen molar-refractivity contribution in [2.75, 3.05) is 0 Å². The summed E-state index contributed by atoms with van der Waals surface area (Å²) in [6.07, 6.45) is 4.97. The van der Waals surface area contributed by atoms with Crippen LogP contribution in [0.2, 0.25) is 0 Å². The third kappa shape index (κ3) is 3.16. The number of aliphatic hydroxyl groups is 4. The van der Waals surface area contributed by atoms with E-state index in [4.69, 9.17) is 0 Å². The maximum atomic E-state index is 11.8. The highest BCUT2D eigenvalue weighted by Gasteiger charge is 2.70. The molecular weight excluding hydrogens is 424 g/mol. The highest BCUT2D eigenvalue weighted by molar-refractivity contribution is 5.19. The molecule has 4 nitrogen and oxygen atoms in total. The van der Waals surface area contributed by atoms with Gasteiger partial charge in [0.05, 0.1) is 23.9 Å². The minimum Gasteiger partial charge on any atom is -0.393 e. The summed E-state index contributed by atoms with van der Waals surface area (Å²) in [5.41, 5.74) is -1.36. The molecule has 0 bridgehead atoms. The first-order valence-electron chi connectivity index (χ1n) is 14.5. The lowest BCUT2D eigenvalue weighted by Crippen LogP contribution is -2.70. The van der Waals surface area contributed by atoms with Crippen LogP contribution in [0.1, 0.15) is 99.8 Å². The van der Waals surface area contributed by atoms with Gasteiger partial charge >= 0.3 is 0 Å². The van der Waals surface area contributed by atoms with E-state index in [2.05, 4.69) is 48.5 Å². The summed E-state index contributed by atoms with van der Waals surface area (Å²) in [7, 11) is 0. The van der Waals surface area contributed by atoms with E-state index < -0.39 is 23.2 Å². The van der Waals surface area contributed by atoms with Gasteiger partial charge in [0.25, 0.3) is 0 Å². The molecular formula is C30H52O4. The second kappa shape index (κ2) is 7.92. The topological polar surface area (TPSA) is 80.9 Å². The van der Waals surface area contributed by atoms with Gasteiger partial charge in [-0.25, -0.2) is 0 Å². The predicted molar refractivity (Wildman–Crippen MR) is 135 cm³/mol. The molecule has 5 rings (SSSR count). The van der Waals surface area contributed by atoms with Crippen molar-refractivity contribution in [3.63, 3.8) is 0 Å². The maximum Gasteiger partial charge on any atom is 0.0985 e. The monoisotopic (exact) mass is 476 g/mol. The zero-order chi connectivity index (χ0) is 25.0. The largest absolute Gasteiger partial charge is 0.393 e. The summed E-state index contributed by atoms with van der Waals surface area (Å²) in [5.74, 6) is 4.27. The van der Waals surface area contributed by atoms with E-state index in [0.717, 1.165) is 31.1 Å². The van der Waals surface area contributed by atoms with Crippen molar-refractivity contribution in [3.05, 3.63) is 0 Å². The van der Waals surface area contributed by atoms with Gasteiger partial charge in [-0.05, 0) is 103 Å². The zero-order valence-electron chi connectivity index (χ0n) is 22.8. The van der Waals surface area contributed by atoms with Gasteiger partial charge in [-0.15, -0.1) is 0 Å². The summed E-state index contributed by atoms with van der Waals surface area (Å²) < 4.78 is 0. The van der Waals surface area contributed by atoms with Gasteiger partial charge < -0.3 is 20.4 Å². The van der Waals surface area contributed by atoms with Crippen LogP contribution in [0.15, 0.2) is 0 Å². The first-order valence-corrected chi connectivity index (χ1v) is 14.5. The summed E-state index contributed by atoms with van der Waals surface area (Å²) >= 11 is 0. The maximum absolute atomic E-state index is 11.8. The molecule has 0 aromatic heterocycles. The van der Waals surface area contributed by atoms with E-state index in [9.17, 15) is 20.4 Å². The Bertz CT molecular complexity index is 799. The lowest BCUT2D eigenvalue weighted by atomic mass is 9.41. The van der Waals surface area contributed by atoms with Gasteiger partial charge in [-0.1, -0.05) is 48.5 Å². The Morgan fingerprint density at radius 2 is 1.44 bits per heavy atom. The van der Waals surface area contributed by atoms with E-state index in [1.54, 1.807) is 0 Å². The molecule has 0 spiro atoms. The van der Waals surface area contributed by atoms with Crippen molar-refractivity contribution in [2.24, 2.45) is 63.6 Å². The van der Waals surface area contributed by atoms with Crippen LogP contribution in [0.25, 0.3) is 0 Å². The lowest BCUT2D eigenvalue weighted by molar-refractivity contribution is -0.275. The van der Waals surface area contributed by atoms with Gasteiger partial charge in [0, 0.05) is 11.8 Å². The second-order valence-corrected chi connectivity index (χ2v) is 14.9. The van der Waals surface area contributed by atoms with E-state index in [1.165, 1.54) is 12.8 Å². The molecule has 14 atom stereocenters. The van der Waals surface area contributed by atoms with E-state index in [1.807, 2.05) is 0 Å². The Balaban J connectivity index is 1.42. The van der Waals surface area contributed by atoms with Crippen LogP contribution in [-0.4, -0.2) is 44.3 Å². The van der Waals surface area contributed by atoms with Crippen molar-refractivity contribution in [2.45, 2.75) is 124 Å². The minimum atomic E-state index is -1.24. The molecule has 34 heavy (non-hydrogen) atoms. The Morgan fingerprint density at radius 1 is 0.765 bits per heavy atom. The number of hydrogen-bond donors (Lipinski definition) is 4. The summed E-state index contributed by atoms with van der Waals surface area (Å²) in [4.78, 5) is 0. The summed E-state index contributed by atoms with van der Waals surface area (Å²) in [5, 5.41) is 45.2. The van der Waals surface area contributed by atoms with Crippen LogP contribution in [0.5, 0.6) is 0 Å². The smallest absolute Gasteiger partial charge is 0.0985 e. The third-order valence-electron chi connectivity index (χ3n) is 13.7. The second-order valence-electron chi connectivity index (χ2n) is 14.9. The molecule has 5 aliphatic carbocycles. The fraction of sp³-hybridized carbons (Fsp3) is 1.00. The van der Waals surface area contributed by atoms with Crippen LogP contribution in [0, 0.1) is 63.6 Å². The van der Waals surface area contributed by atoms with Gasteiger partial charge in [0.2, 0.25) is 0 Å². The average Bonchev–Trinajstić information content (AvgIpc) is 3.33. The SMILES string of the molecule is CC(C)[C@@H](C)[C@@]1(C)C[C@@H]1[C@@H](C)[C@H]1CC[C@H]2[C@@H]3C[C@@H](O)[C@@]4(O)C[C@@H](O)CC[C@]4(C)[C@H]3C[C@H](O)[C@]12C. The Hall–Kier alpha value is -0.160. The van der Waals surface area contributed by atoms with Crippen LogP contribution in [0.4, 0.5) is 0 Å². The Kier molecular flexibility index (Phi) is 5.94. The standard InChI is InChI=1S/C30H52O4/c1-16(2)18(4)27(5)15-24(27)17(3)21-8-9-22-20-12-26(33)30(34)14-19(31)10-11-28(30,6)23(20)13-25(32)29(21,22)7/h16-26,31-34H,8-15H2,1-7H3/t17-,18+,19-,20-,21+,22-,23-,24+,25-,26+,27+,28+,29+,30-/m0/s1. The molecule has 0 unspecified atom stereocenters. The molecule has 4 N–H and O–H groups in total. The molecule has 196 valence electrons. The average molecular weight is 477 g/mol. The van der Waals surface area contributed by atoms with E-state index >= 15 is 0 Å². The Morgan fingerprint density at radius 3 is 2.09 bits per heavy atom. The van der Waals surface area contributed by atoms with Crippen molar-refractivity contribution in [3.8, 4) is 0 Å². The van der Waals surface area contributed by atoms with E-state index in [0.29, 0.717) is 47.8 Å². The molecule has 4 heteroatoms. The highest BCUT2D eigenvalue weighted by atomic mass is 16.3. The lowest BCUT2D eigenvalue weighted by Gasteiger charge is -2.66. The van der Waals surface area contributed by atoms with Crippen molar-refractivity contribution < 1.29 is 20.4 Å². The van der Waals surface area contributed by atoms with Crippen LogP contribution in [0.3, 0.4) is 0 Å². The van der Waals surface area contributed by atoms with Crippen LogP contribution in [-0.2, 0) is 0 Å². The normalized spacial score (nSPS) is 58.6. The summed E-state index contributed by atoms with van der Waals surface area (Å²) in [6.45, 7) is 16.6. The van der Waals surface area contributed by atoms with Gasteiger partial charge in [0.1, 0.15) is 0 Å². The van der Waals surface area contributed by atoms with Gasteiger partial charge in [-0.2, -0.15) is 0 Å². The van der Waals surface area contributed by atoms with Crippen molar-refractivity contribution >= 4 is 0 Å². The molecule has 5 fully saturated rings. The highest BCUT2D eigenvalue weighted by Crippen LogP contribution is 2.72. The number of rotatable bonds is 4. The molecule has 5 saturated carbocycles. The number of fused-ring (bicyclic) bond motifs is 5. The molecule has 0 radical (unpaired) electrons. The molecule has 0 aromatic rings. The molecule has 5 aliphatic rings. The summed E-state index contributed by atoms with van der Waals surface area (Å²) in [6, 6.07) is 0. The fourth-order valence-corrected chi connectivity index (χ4v) is 10.9. The molecule has 0 aliphatic heterocycles. The molecule has 0 heterocycles. The van der Waals surface area contributed by atoms with Crippen LogP contribution < -0.4 is 0 Å². The minimum absolute atomic E-state index is 0.106. The van der Waals surface area contributed by atoms with Gasteiger partial charge in [-0.3, -0.25) is 0 Å². The molecule has 0 saturated heterocycles. The molecule has 0 amide bonds. The fourth-order valence-electron chi connectivity index (χ4n) is 10.9. The quantitative estimate of drug-likeness (QED) is 0.459. The van der Waals surface area contributed by atoms with Crippen molar-refractivity contribution in [1.29, 1.82) is 0 Å².